The zero-order valence-corrected chi connectivity index (χ0v) is 11.4. The number of hydrogen-bond donors (Lipinski definition) is 1. The van der Waals surface area contributed by atoms with E-state index in [4.69, 9.17) is 9.84 Å². The number of fused-ring (bicyclic) bond motifs is 1. The van der Waals surface area contributed by atoms with Crippen molar-refractivity contribution in [2.24, 2.45) is 0 Å². The zero-order valence-electron chi connectivity index (χ0n) is 10.6. The Labute approximate surface area is 117 Å². The lowest BCUT2D eigenvalue weighted by molar-refractivity contribution is -0.145. The predicted molar refractivity (Wildman–Crippen MR) is 76.0 cm³/mol. The fourth-order valence-electron chi connectivity index (χ4n) is 1.80. The molecule has 0 amide bonds. The largest absolute Gasteiger partial charge is 0.479 e. The van der Waals surface area contributed by atoms with Crippen LogP contribution in [0.4, 0.5) is 0 Å². The summed E-state index contributed by atoms with van der Waals surface area (Å²) in [6.45, 7) is 1.93. The second-order valence-corrected chi connectivity index (χ2v) is 4.12. The molecule has 0 saturated heterocycles. The molecule has 1 aromatic carbocycles. The molecule has 2 aromatic rings. The van der Waals surface area contributed by atoms with Gasteiger partial charge in [-0.1, -0.05) is 19.4 Å². The molecule has 1 atom stereocenters. The lowest BCUT2D eigenvalue weighted by atomic mass is 10.1. The zero-order chi connectivity index (χ0) is 13.0. The highest BCUT2D eigenvalue weighted by Crippen LogP contribution is 2.21. The minimum absolute atomic E-state index is 0. The highest BCUT2D eigenvalue weighted by molar-refractivity contribution is 5.85. The van der Waals surface area contributed by atoms with Gasteiger partial charge < -0.3 is 9.84 Å². The molecule has 0 aliphatic heterocycles. The van der Waals surface area contributed by atoms with Crippen LogP contribution in [-0.4, -0.2) is 22.2 Å². The average molecular weight is 282 g/mol. The van der Waals surface area contributed by atoms with Gasteiger partial charge in [-0.25, -0.2) is 4.79 Å². The topological polar surface area (TPSA) is 59.4 Å². The van der Waals surface area contributed by atoms with Gasteiger partial charge in [0.05, 0.1) is 0 Å². The van der Waals surface area contributed by atoms with Gasteiger partial charge in [0, 0.05) is 17.8 Å². The third-order valence-electron chi connectivity index (χ3n) is 2.72. The molecule has 0 aliphatic carbocycles. The molecule has 2 rings (SSSR count). The Bertz CT molecular complexity index is 559. The summed E-state index contributed by atoms with van der Waals surface area (Å²) in [5.74, 6) is -0.362. The molecule has 0 fully saturated rings. The molecule has 0 radical (unpaired) electrons. The van der Waals surface area contributed by atoms with E-state index in [1.54, 1.807) is 18.5 Å². The molecule has 5 heteroatoms. The molecule has 1 heterocycles. The average Bonchev–Trinajstić information content (AvgIpc) is 2.38. The number of aromatic nitrogens is 1. The quantitative estimate of drug-likeness (QED) is 0.913. The van der Waals surface area contributed by atoms with Gasteiger partial charge in [0.2, 0.25) is 0 Å². The molecular formula is C14H16ClNO3. The maximum atomic E-state index is 11.0. The lowest BCUT2D eigenvalue weighted by Gasteiger charge is -2.14. The first-order chi connectivity index (χ1) is 8.70. The van der Waals surface area contributed by atoms with Crippen LogP contribution in [0.3, 0.4) is 0 Å². The third-order valence-corrected chi connectivity index (χ3v) is 2.72. The number of nitrogens with zero attached hydrogens (tertiary/aromatic N) is 1. The highest BCUT2D eigenvalue weighted by Gasteiger charge is 2.18. The second-order valence-electron chi connectivity index (χ2n) is 4.12. The Hall–Kier alpha value is -1.81. The first kappa shape index (κ1) is 15.2. The van der Waals surface area contributed by atoms with Crippen LogP contribution < -0.4 is 4.74 Å². The van der Waals surface area contributed by atoms with Crippen LogP contribution >= 0.6 is 12.4 Å². The van der Waals surface area contributed by atoms with Gasteiger partial charge in [0.15, 0.2) is 6.10 Å². The summed E-state index contributed by atoms with van der Waals surface area (Å²) >= 11 is 0. The molecule has 0 aliphatic rings. The van der Waals surface area contributed by atoms with E-state index in [0.717, 1.165) is 17.2 Å². The summed E-state index contributed by atoms with van der Waals surface area (Å²) in [4.78, 5) is 15.1. The minimum atomic E-state index is -0.928. The Morgan fingerprint density at radius 2 is 2.16 bits per heavy atom. The van der Waals surface area contributed by atoms with Gasteiger partial charge >= 0.3 is 5.97 Å². The summed E-state index contributed by atoms with van der Waals surface area (Å²) in [7, 11) is 0. The number of carbonyl (C=O) groups is 1. The number of rotatable bonds is 5. The van der Waals surface area contributed by atoms with Crippen molar-refractivity contribution in [2.45, 2.75) is 25.9 Å². The van der Waals surface area contributed by atoms with Crippen molar-refractivity contribution in [3.05, 3.63) is 36.7 Å². The Morgan fingerprint density at radius 3 is 2.84 bits per heavy atom. The monoisotopic (exact) mass is 281 g/mol. The molecule has 1 unspecified atom stereocenters. The number of carboxylic acid groups (broad SMARTS) is 1. The van der Waals surface area contributed by atoms with E-state index in [1.165, 1.54) is 0 Å². The third kappa shape index (κ3) is 3.83. The number of ether oxygens (including phenoxy) is 1. The number of carboxylic acids is 1. The van der Waals surface area contributed by atoms with E-state index in [2.05, 4.69) is 4.98 Å². The Balaban J connectivity index is 0.00000180. The van der Waals surface area contributed by atoms with E-state index in [9.17, 15) is 4.79 Å². The van der Waals surface area contributed by atoms with E-state index in [1.807, 2.05) is 25.1 Å². The first-order valence-electron chi connectivity index (χ1n) is 5.94. The van der Waals surface area contributed by atoms with Crippen LogP contribution in [0.2, 0.25) is 0 Å². The van der Waals surface area contributed by atoms with Crippen molar-refractivity contribution in [2.75, 3.05) is 0 Å². The SMILES string of the molecule is CCCC(Oc1ccc2ccncc2c1)C(=O)O.Cl. The van der Waals surface area contributed by atoms with Gasteiger partial charge in [-0.3, -0.25) is 4.98 Å². The molecule has 1 aromatic heterocycles. The molecule has 0 spiro atoms. The van der Waals surface area contributed by atoms with Crippen molar-refractivity contribution in [3.8, 4) is 5.75 Å². The van der Waals surface area contributed by atoms with Gasteiger partial charge in [-0.2, -0.15) is 0 Å². The van der Waals surface area contributed by atoms with Crippen molar-refractivity contribution in [1.82, 2.24) is 4.98 Å². The first-order valence-corrected chi connectivity index (χ1v) is 5.94. The van der Waals surface area contributed by atoms with E-state index in [0.29, 0.717) is 12.2 Å². The van der Waals surface area contributed by atoms with Crippen molar-refractivity contribution >= 4 is 29.1 Å². The number of aliphatic carboxylic acids is 1. The molecule has 1 N–H and O–H groups in total. The van der Waals surface area contributed by atoms with Crippen LogP contribution in [0, 0.1) is 0 Å². The number of halogens is 1. The Kier molecular flexibility index (Phi) is 5.57. The maximum Gasteiger partial charge on any atom is 0.344 e. The lowest BCUT2D eigenvalue weighted by Crippen LogP contribution is -2.26. The molecule has 4 nitrogen and oxygen atoms in total. The molecular weight excluding hydrogens is 266 g/mol. The van der Waals surface area contributed by atoms with Crippen LogP contribution in [0.1, 0.15) is 19.8 Å². The summed E-state index contributed by atoms with van der Waals surface area (Å²) < 4.78 is 5.50. The van der Waals surface area contributed by atoms with Gasteiger partial charge in [0.1, 0.15) is 5.75 Å². The molecule has 0 bridgehead atoms. The normalized spacial score (nSPS) is 11.6. The highest BCUT2D eigenvalue weighted by atomic mass is 35.5. The van der Waals surface area contributed by atoms with Gasteiger partial charge in [0.25, 0.3) is 0 Å². The second kappa shape index (κ2) is 6.95. The standard InChI is InChI=1S/C14H15NO3.ClH/c1-2-3-13(14(16)17)18-12-5-4-10-6-7-15-9-11(10)8-12;/h4-9,13H,2-3H2,1H3,(H,16,17);1H. The van der Waals surface area contributed by atoms with Crippen molar-refractivity contribution in [1.29, 1.82) is 0 Å². The van der Waals surface area contributed by atoms with Gasteiger partial charge in [-0.05, 0) is 30.0 Å². The summed E-state index contributed by atoms with van der Waals surface area (Å²) in [5.41, 5.74) is 0. The van der Waals surface area contributed by atoms with E-state index in [-0.39, 0.29) is 12.4 Å². The van der Waals surface area contributed by atoms with Crippen LogP contribution in [0.5, 0.6) is 5.75 Å². The van der Waals surface area contributed by atoms with E-state index >= 15 is 0 Å². The molecule has 0 saturated carbocycles. The van der Waals surface area contributed by atoms with Crippen molar-refractivity contribution < 1.29 is 14.6 Å². The number of benzene rings is 1. The maximum absolute atomic E-state index is 11.0. The predicted octanol–water partition coefficient (Wildman–Crippen LogP) is 3.29. The van der Waals surface area contributed by atoms with Gasteiger partial charge in [-0.15, -0.1) is 12.4 Å². The van der Waals surface area contributed by atoms with Crippen molar-refractivity contribution in [3.63, 3.8) is 0 Å². The summed E-state index contributed by atoms with van der Waals surface area (Å²) in [6.07, 6.45) is 3.94. The molecule has 19 heavy (non-hydrogen) atoms. The Morgan fingerprint density at radius 1 is 1.37 bits per heavy atom. The fraction of sp³-hybridized carbons (Fsp3) is 0.286. The van der Waals surface area contributed by atoms with Crippen LogP contribution in [-0.2, 0) is 4.79 Å². The van der Waals surface area contributed by atoms with Crippen LogP contribution in [0.15, 0.2) is 36.7 Å². The fourth-order valence-corrected chi connectivity index (χ4v) is 1.80. The minimum Gasteiger partial charge on any atom is -0.479 e. The summed E-state index contributed by atoms with van der Waals surface area (Å²) in [6, 6.07) is 7.40. The number of pyridine rings is 1. The summed E-state index contributed by atoms with van der Waals surface area (Å²) in [5, 5.41) is 11.0. The number of hydrogen-bond acceptors (Lipinski definition) is 3. The smallest absolute Gasteiger partial charge is 0.344 e. The van der Waals surface area contributed by atoms with Crippen LogP contribution in [0.25, 0.3) is 10.8 Å². The van der Waals surface area contributed by atoms with E-state index < -0.39 is 12.1 Å². The molecule has 102 valence electrons.